The number of anilines is 1. The summed E-state index contributed by atoms with van der Waals surface area (Å²) in [5, 5.41) is 2.51. The van der Waals surface area contributed by atoms with E-state index in [1.54, 1.807) is 25.7 Å². The maximum Gasteiger partial charge on any atom is 0.408 e. The van der Waals surface area contributed by atoms with Crippen molar-refractivity contribution in [2.24, 2.45) is 5.41 Å². The van der Waals surface area contributed by atoms with Crippen LogP contribution in [0.25, 0.3) is 0 Å². The molecule has 10 heteroatoms. The Kier molecular flexibility index (Phi) is 8.26. The number of rotatable bonds is 6. The molecular weight excluding hydrogens is 479 g/mol. The fourth-order valence-corrected chi connectivity index (χ4v) is 5.37. The number of nitrogens with zero attached hydrogens (tertiary/aromatic N) is 3. The van der Waals surface area contributed by atoms with E-state index in [1.807, 2.05) is 12.1 Å². The second kappa shape index (κ2) is 11.2. The van der Waals surface area contributed by atoms with E-state index in [-0.39, 0.29) is 30.3 Å². The molecule has 0 bridgehead atoms. The van der Waals surface area contributed by atoms with Crippen molar-refractivity contribution in [3.63, 3.8) is 0 Å². The maximum atomic E-state index is 13.2. The molecule has 2 amide bonds. The van der Waals surface area contributed by atoms with Crippen LogP contribution >= 0.6 is 0 Å². The molecule has 9 nitrogen and oxygen atoms in total. The number of piperazine rings is 1. The van der Waals surface area contributed by atoms with Crippen molar-refractivity contribution >= 4 is 23.7 Å². The van der Waals surface area contributed by atoms with Gasteiger partial charge in [-0.25, -0.2) is 9.18 Å². The first-order valence-corrected chi connectivity index (χ1v) is 13.2. The maximum absolute atomic E-state index is 13.2. The second-order valence-corrected chi connectivity index (χ2v) is 11.3. The molecule has 1 aromatic rings. The molecule has 0 radical (unpaired) electrons. The molecule has 3 aliphatic rings. The fourth-order valence-electron chi connectivity index (χ4n) is 5.37. The van der Waals surface area contributed by atoms with Crippen molar-refractivity contribution in [2.45, 2.75) is 58.2 Å². The van der Waals surface area contributed by atoms with Crippen LogP contribution in [0.3, 0.4) is 0 Å². The van der Waals surface area contributed by atoms with Crippen molar-refractivity contribution < 1.29 is 28.2 Å². The molecule has 0 aliphatic carbocycles. The van der Waals surface area contributed by atoms with Crippen molar-refractivity contribution in [3.05, 3.63) is 30.1 Å². The summed E-state index contributed by atoms with van der Waals surface area (Å²) in [6.45, 7) is 10.6. The number of ether oxygens (including phenoxy) is 2. The van der Waals surface area contributed by atoms with Crippen molar-refractivity contribution in [1.29, 1.82) is 0 Å². The normalized spacial score (nSPS) is 22.2. The highest BCUT2D eigenvalue weighted by molar-refractivity contribution is 5.83. The highest BCUT2D eigenvalue weighted by atomic mass is 19.1. The van der Waals surface area contributed by atoms with Gasteiger partial charge in [-0.1, -0.05) is 0 Å². The molecule has 1 spiro atoms. The Morgan fingerprint density at radius 3 is 2.35 bits per heavy atom. The lowest BCUT2D eigenvalue weighted by Crippen LogP contribution is -2.48. The number of cyclic esters (lactones) is 1. The number of amides is 2. The molecule has 204 valence electrons. The summed E-state index contributed by atoms with van der Waals surface area (Å²) in [4.78, 5) is 43.5. The lowest BCUT2D eigenvalue weighted by molar-refractivity contribution is -0.152. The van der Waals surface area contributed by atoms with E-state index in [0.717, 1.165) is 44.8 Å². The minimum atomic E-state index is -0.623. The summed E-state index contributed by atoms with van der Waals surface area (Å²) < 4.78 is 24.1. The van der Waals surface area contributed by atoms with Crippen molar-refractivity contribution in [3.8, 4) is 0 Å². The number of alkyl carbamates (subject to hydrolysis) is 1. The van der Waals surface area contributed by atoms with Gasteiger partial charge in [0.1, 0.15) is 24.1 Å². The molecule has 3 heterocycles. The predicted octanol–water partition coefficient (Wildman–Crippen LogP) is 2.79. The van der Waals surface area contributed by atoms with E-state index in [4.69, 9.17) is 9.47 Å². The van der Waals surface area contributed by atoms with Crippen molar-refractivity contribution in [2.75, 3.05) is 57.3 Å². The van der Waals surface area contributed by atoms with E-state index in [1.165, 1.54) is 12.1 Å². The third-order valence-corrected chi connectivity index (χ3v) is 7.51. The second-order valence-electron chi connectivity index (χ2n) is 11.3. The molecule has 1 N–H and O–H groups in total. The number of esters is 1. The minimum absolute atomic E-state index is 0.0984. The van der Waals surface area contributed by atoms with E-state index >= 15 is 0 Å². The number of piperidine rings is 1. The van der Waals surface area contributed by atoms with Gasteiger partial charge >= 0.3 is 12.1 Å². The molecule has 37 heavy (non-hydrogen) atoms. The first-order chi connectivity index (χ1) is 17.5. The molecule has 0 unspecified atom stereocenters. The van der Waals surface area contributed by atoms with Gasteiger partial charge in [-0.2, -0.15) is 0 Å². The van der Waals surface area contributed by atoms with Crippen LogP contribution in [0.2, 0.25) is 0 Å². The summed E-state index contributed by atoms with van der Waals surface area (Å²) in [7, 11) is 0. The zero-order valence-electron chi connectivity index (χ0n) is 22.1. The molecule has 3 saturated heterocycles. The average Bonchev–Trinajstić information content (AvgIpc) is 3.16. The Labute approximate surface area is 218 Å². The van der Waals surface area contributed by atoms with E-state index in [0.29, 0.717) is 32.4 Å². The highest BCUT2D eigenvalue weighted by Gasteiger charge is 2.50. The Hall–Kier alpha value is -2.88. The number of halogens is 1. The van der Waals surface area contributed by atoms with Gasteiger partial charge in [0.05, 0.1) is 5.41 Å². The molecule has 3 fully saturated rings. The highest BCUT2D eigenvalue weighted by Crippen LogP contribution is 2.44. The summed E-state index contributed by atoms with van der Waals surface area (Å²) in [5.74, 6) is -0.542. The Bertz CT molecular complexity index is 964. The van der Waals surface area contributed by atoms with Gasteiger partial charge in [-0.15, -0.1) is 0 Å². The van der Waals surface area contributed by atoms with Crippen molar-refractivity contribution in [1.82, 2.24) is 15.1 Å². The summed E-state index contributed by atoms with van der Waals surface area (Å²) in [6.07, 6.45) is 1.94. The lowest BCUT2D eigenvalue weighted by atomic mass is 9.75. The van der Waals surface area contributed by atoms with Crippen LogP contribution in [-0.4, -0.2) is 91.8 Å². The third kappa shape index (κ3) is 7.12. The quantitative estimate of drug-likeness (QED) is 0.579. The van der Waals surface area contributed by atoms with Gasteiger partial charge in [-0.3, -0.25) is 14.5 Å². The number of carbonyl (C=O) groups excluding carboxylic acids is 3. The van der Waals surface area contributed by atoms with Gasteiger partial charge in [0.2, 0.25) is 5.91 Å². The predicted molar refractivity (Wildman–Crippen MR) is 137 cm³/mol. The number of benzene rings is 1. The number of hydrogen-bond donors (Lipinski definition) is 1. The molecule has 1 aromatic carbocycles. The number of likely N-dealkylation sites (tertiary alicyclic amines) is 1. The molecular formula is C27H39FN4O5. The van der Waals surface area contributed by atoms with Crippen LogP contribution < -0.4 is 10.2 Å². The topological polar surface area (TPSA) is 91.4 Å². The SMILES string of the molecule is CC(C)(C)OC(=O)NCC(=O)N1CCC2(CC1)C[C@H](CCN1CCN(c3ccc(F)cc3)CC1)OC2=O. The van der Waals surface area contributed by atoms with E-state index in [9.17, 15) is 18.8 Å². The summed E-state index contributed by atoms with van der Waals surface area (Å²) >= 11 is 0. The molecule has 0 saturated carbocycles. The molecule has 3 aliphatic heterocycles. The lowest BCUT2D eigenvalue weighted by Gasteiger charge is -2.37. The van der Waals surface area contributed by atoms with Crippen LogP contribution in [0.15, 0.2) is 24.3 Å². The molecule has 0 aromatic heterocycles. The first kappa shape index (κ1) is 27.2. The van der Waals surface area contributed by atoms with E-state index in [2.05, 4.69) is 15.1 Å². The van der Waals surface area contributed by atoms with E-state index < -0.39 is 17.1 Å². The summed E-state index contributed by atoms with van der Waals surface area (Å²) in [5.41, 5.74) is -0.0953. The fraction of sp³-hybridized carbons (Fsp3) is 0.667. The van der Waals surface area contributed by atoms with Gasteiger partial charge < -0.3 is 24.6 Å². The van der Waals surface area contributed by atoms with Crippen LogP contribution in [0.1, 0.15) is 46.5 Å². The zero-order chi connectivity index (χ0) is 26.6. The van der Waals surface area contributed by atoms with Gasteiger partial charge in [-0.05, 0) is 64.3 Å². The third-order valence-electron chi connectivity index (χ3n) is 7.51. The van der Waals surface area contributed by atoms with Crippen LogP contribution in [0.4, 0.5) is 14.9 Å². The number of hydrogen-bond acceptors (Lipinski definition) is 7. The minimum Gasteiger partial charge on any atom is -0.462 e. The number of nitrogens with one attached hydrogen (secondary N) is 1. The first-order valence-electron chi connectivity index (χ1n) is 13.2. The molecule has 1 atom stereocenters. The monoisotopic (exact) mass is 518 g/mol. The molecule has 4 rings (SSSR count). The van der Waals surface area contributed by atoms with Gasteiger partial charge in [0.15, 0.2) is 0 Å². The number of carbonyl (C=O) groups is 3. The van der Waals surface area contributed by atoms with Crippen LogP contribution in [-0.2, 0) is 19.1 Å². The van der Waals surface area contributed by atoms with Gasteiger partial charge in [0, 0.05) is 57.9 Å². The average molecular weight is 519 g/mol. The van der Waals surface area contributed by atoms with Crippen LogP contribution in [0, 0.1) is 11.2 Å². The summed E-state index contributed by atoms with van der Waals surface area (Å²) in [6, 6.07) is 6.62. The Morgan fingerprint density at radius 2 is 1.73 bits per heavy atom. The van der Waals surface area contributed by atoms with Crippen LogP contribution in [0.5, 0.6) is 0 Å². The Morgan fingerprint density at radius 1 is 1.08 bits per heavy atom. The Balaban J connectivity index is 1.17. The standard InChI is InChI=1S/C27H39FN4O5/c1-26(2,3)37-25(35)29-19-23(33)32-12-9-27(10-13-32)18-22(36-24(27)34)8-11-30-14-16-31(17-15-30)21-6-4-20(28)5-7-21/h4-7,22H,8-19H2,1-3H3,(H,29,35)/t22-/m0/s1. The smallest absolute Gasteiger partial charge is 0.408 e. The van der Waals surface area contributed by atoms with Gasteiger partial charge in [0.25, 0.3) is 0 Å². The largest absolute Gasteiger partial charge is 0.462 e. The zero-order valence-corrected chi connectivity index (χ0v) is 22.1.